The molecule has 0 bridgehead atoms. The Kier molecular flexibility index (Phi) is 6.21. The van der Waals surface area contributed by atoms with Crippen LogP contribution in [0.3, 0.4) is 0 Å². The summed E-state index contributed by atoms with van der Waals surface area (Å²) in [7, 11) is 0. The Bertz CT molecular complexity index is 1000. The standard InChI is InChI=1S/C22H20FNO3S/c1-15-12-20(16(2)24(15)13-19-4-3-11-28-19)21(25)14-27-22(26)10-7-17-5-8-18(23)9-6-17/h3-12H,13-14H2,1-2H3/b10-7+. The molecule has 0 saturated heterocycles. The van der Waals surface area contributed by atoms with Gasteiger partial charge in [-0.25, -0.2) is 9.18 Å². The maximum atomic E-state index is 12.9. The summed E-state index contributed by atoms with van der Waals surface area (Å²) < 4.78 is 20.0. The van der Waals surface area contributed by atoms with Crippen molar-refractivity contribution in [3.05, 3.63) is 87.1 Å². The molecule has 0 aliphatic carbocycles. The lowest BCUT2D eigenvalue weighted by molar-refractivity contribution is -0.136. The second-order valence-corrected chi connectivity index (χ2v) is 7.40. The van der Waals surface area contributed by atoms with Crippen molar-refractivity contribution in [2.24, 2.45) is 0 Å². The third-order valence-corrected chi connectivity index (χ3v) is 5.26. The number of hydrogen-bond acceptors (Lipinski definition) is 4. The number of rotatable bonds is 7. The molecule has 0 fully saturated rings. The average molecular weight is 397 g/mol. The van der Waals surface area contributed by atoms with E-state index in [9.17, 15) is 14.0 Å². The molecule has 0 radical (unpaired) electrons. The molecule has 0 aliphatic heterocycles. The summed E-state index contributed by atoms with van der Waals surface area (Å²) in [5.74, 6) is -1.21. The first-order valence-electron chi connectivity index (χ1n) is 8.77. The first-order chi connectivity index (χ1) is 13.4. The smallest absolute Gasteiger partial charge is 0.331 e. The number of benzene rings is 1. The number of ether oxygens (including phenoxy) is 1. The van der Waals surface area contributed by atoms with E-state index in [1.807, 2.05) is 31.4 Å². The quantitative estimate of drug-likeness (QED) is 0.327. The Morgan fingerprint density at radius 2 is 1.93 bits per heavy atom. The van der Waals surface area contributed by atoms with Gasteiger partial charge in [0.2, 0.25) is 5.78 Å². The van der Waals surface area contributed by atoms with Crippen molar-refractivity contribution in [1.82, 2.24) is 4.57 Å². The molecule has 4 nitrogen and oxygen atoms in total. The van der Waals surface area contributed by atoms with E-state index < -0.39 is 5.97 Å². The molecule has 1 aromatic carbocycles. The van der Waals surface area contributed by atoms with E-state index in [1.165, 1.54) is 29.2 Å². The van der Waals surface area contributed by atoms with E-state index in [2.05, 4.69) is 10.6 Å². The maximum absolute atomic E-state index is 12.9. The van der Waals surface area contributed by atoms with Crippen molar-refractivity contribution in [3.8, 4) is 0 Å². The third kappa shape index (κ3) is 4.84. The number of halogens is 1. The van der Waals surface area contributed by atoms with Crippen molar-refractivity contribution in [1.29, 1.82) is 0 Å². The molecule has 3 aromatic rings. The Balaban J connectivity index is 1.60. The summed E-state index contributed by atoms with van der Waals surface area (Å²) in [6.07, 6.45) is 2.74. The van der Waals surface area contributed by atoms with Crippen LogP contribution in [0.15, 0.2) is 53.9 Å². The lowest BCUT2D eigenvalue weighted by atomic mass is 10.1. The van der Waals surface area contributed by atoms with Gasteiger partial charge in [-0.2, -0.15) is 0 Å². The Morgan fingerprint density at radius 3 is 2.61 bits per heavy atom. The number of esters is 1. The van der Waals surface area contributed by atoms with E-state index in [1.54, 1.807) is 23.5 Å². The topological polar surface area (TPSA) is 48.3 Å². The minimum atomic E-state index is -0.620. The van der Waals surface area contributed by atoms with Gasteiger partial charge in [-0.15, -0.1) is 11.3 Å². The highest BCUT2D eigenvalue weighted by Crippen LogP contribution is 2.20. The molecule has 0 amide bonds. The molecule has 0 N–H and O–H groups in total. The zero-order chi connectivity index (χ0) is 20.1. The minimum Gasteiger partial charge on any atom is -0.454 e. The van der Waals surface area contributed by atoms with Crippen LogP contribution in [0.2, 0.25) is 0 Å². The Hall–Kier alpha value is -2.99. The van der Waals surface area contributed by atoms with Crippen LogP contribution in [0.4, 0.5) is 4.39 Å². The third-order valence-electron chi connectivity index (χ3n) is 4.40. The predicted molar refractivity (Wildman–Crippen MR) is 108 cm³/mol. The molecule has 0 spiro atoms. The molecule has 28 heavy (non-hydrogen) atoms. The number of Topliss-reactive ketones (excluding diaryl/α,β-unsaturated/α-hetero) is 1. The summed E-state index contributed by atoms with van der Waals surface area (Å²) in [5, 5.41) is 2.02. The molecule has 3 rings (SSSR count). The number of carbonyl (C=O) groups is 2. The monoisotopic (exact) mass is 397 g/mol. The second-order valence-electron chi connectivity index (χ2n) is 6.37. The van der Waals surface area contributed by atoms with Crippen LogP contribution in [-0.4, -0.2) is 22.9 Å². The summed E-state index contributed by atoms with van der Waals surface area (Å²) in [6.45, 7) is 4.23. The van der Waals surface area contributed by atoms with Gasteiger partial charge in [-0.05, 0) is 55.1 Å². The second kappa shape index (κ2) is 8.80. The molecule has 2 aromatic heterocycles. The van der Waals surface area contributed by atoms with Crippen LogP contribution in [0.25, 0.3) is 6.08 Å². The van der Waals surface area contributed by atoms with E-state index in [0.717, 1.165) is 11.4 Å². The van der Waals surface area contributed by atoms with Crippen LogP contribution in [-0.2, 0) is 16.1 Å². The van der Waals surface area contributed by atoms with Crippen molar-refractivity contribution in [3.63, 3.8) is 0 Å². The molecule has 0 atom stereocenters. The van der Waals surface area contributed by atoms with Crippen LogP contribution in [0.1, 0.15) is 32.2 Å². The zero-order valence-corrected chi connectivity index (χ0v) is 16.5. The SMILES string of the molecule is Cc1cc(C(=O)COC(=O)/C=C/c2ccc(F)cc2)c(C)n1Cc1cccs1. The molecular formula is C22H20FNO3S. The predicted octanol–water partition coefficient (Wildman–Crippen LogP) is 4.79. The highest BCUT2D eigenvalue weighted by atomic mass is 32.1. The highest BCUT2D eigenvalue weighted by Gasteiger charge is 2.17. The zero-order valence-electron chi connectivity index (χ0n) is 15.6. The summed E-state index contributed by atoms with van der Waals surface area (Å²) in [6, 6.07) is 11.6. The summed E-state index contributed by atoms with van der Waals surface area (Å²) >= 11 is 1.67. The molecular weight excluding hydrogens is 377 g/mol. The lowest BCUT2D eigenvalue weighted by Crippen LogP contribution is -2.13. The number of ketones is 1. The molecule has 0 saturated carbocycles. The lowest BCUT2D eigenvalue weighted by Gasteiger charge is -2.08. The largest absolute Gasteiger partial charge is 0.454 e. The summed E-state index contributed by atoms with van der Waals surface area (Å²) in [5.41, 5.74) is 3.07. The fourth-order valence-electron chi connectivity index (χ4n) is 2.89. The van der Waals surface area contributed by atoms with Gasteiger partial charge >= 0.3 is 5.97 Å². The molecule has 144 valence electrons. The van der Waals surface area contributed by atoms with Crippen LogP contribution in [0.5, 0.6) is 0 Å². The van der Waals surface area contributed by atoms with Gasteiger partial charge in [0, 0.05) is 27.9 Å². The first kappa shape index (κ1) is 19.8. The van der Waals surface area contributed by atoms with Crippen molar-refractivity contribution < 1.29 is 18.7 Å². The number of aryl methyl sites for hydroxylation is 1. The molecule has 0 unspecified atom stereocenters. The van der Waals surface area contributed by atoms with E-state index in [-0.39, 0.29) is 18.2 Å². The van der Waals surface area contributed by atoms with Gasteiger partial charge in [0.25, 0.3) is 0 Å². The number of aromatic nitrogens is 1. The van der Waals surface area contributed by atoms with Crippen molar-refractivity contribution in [2.75, 3.05) is 6.61 Å². The van der Waals surface area contributed by atoms with Gasteiger partial charge in [-0.3, -0.25) is 4.79 Å². The molecule has 0 aliphatic rings. The Labute approximate surface area is 166 Å². The van der Waals surface area contributed by atoms with Crippen LogP contribution >= 0.6 is 11.3 Å². The van der Waals surface area contributed by atoms with Crippen molar-refractivity contribution in [2.45, 2.75) is 20.4 Å². The molecule has 2 heterocycles. The number of nitrogens with zero attached hydrogens (tertiary/aromatic N) is 1. The van der Waals surface area contributed by atoms with E-state index >= 15 is 0 Å². The minimum absolute atomic E-state index is 0.242. The van der Waals surface area contributed by atoms with Gasteiger partial charge in [0.15, 0.2) is 6.61 Å². The van der Waals surface area contributed by atoms with Gasteiger partial charge in [-0.1, -0.05) is 18.2 Å². The number of thiophene rings is 1. The van der Waals surface area contributed by atoms with E-state index in [0.29, 0.717) is 17.7 Å². The van der Waals surface area contributed by atoms with Gasteiger partial charge in [0.05, 0.1) is 6.54 Å². The average Bonchev–Trinajstić information content (AvgIpc) is 3.29. The number of carbonyl (C=O) groups excluding carboxylic acids is 2. The maximum Gasteiger partial charge on any atom is 0.331 e. The Morgan fingerprint density at radius 1 is 1.18 bits per heavy atom. The van der Waals surface area contributed by atoms with E-state index in [4.69, 9.17) is 4.74 Å². The van der Waals surface area contributed by atoms with Gasteiger partial charge < -0.3 is 9.30 Å². The van der Waals surface area contributed by atoms with Crippen LogP contribution < -0.4 is 0 Å². The fourth-order valence-corrected chi connectivity index (χ4v) is 3.58. The van der Waals surface area contributed by atoms with Crippen molar-refractivity contribution >= 4 is 29.2 Å². The van der Waals surface area contributed by atoms with Gasteiger partial charge in [0.1, 0.15) is 5.82 Å². The first-order valence-corrected chi connectivity index (χ1v) is 9.64. The fraction of sp³-hybridized carbons (Fsp3) is 0.182. The molecule has 6 heteroatoms. The normalized spacial score (nSPS) is 11.1. The summed E-state index contributed by atoms with van der Waals surface area (Å²) in [4.78, 5) is 25.6. The van der Waals surface area contributed by atoms with Crippen LogP contribution in [0, 0.1) is 19.7 Å². The number of hydrogen-bond donors (Lipinski definition) is 0. The highest BCUT2D eigenvalue weighted by molar-refractivity contribution is 7.09.